The van der Waals surface area contributed by atoms with Gasteiger partial charge in [0.2, 0.25) is 5.91 Å². The van der Waals surface area contributed by atoms with Crippen molar-refractivity contribution in [3.05, 3.63) is 0 Å². The molecule has 0 bridgehead atoms. The Hall–Kier alpha value is -1.04. The number of carbonyl (C=O) groups is 1. The van der Waals surface area contributed by atoms with E-state index in [0.717, 1.165) is 6.42 Å². The van der Waals surface area contributed by atoms with Crippen LogP contribution < -0.4 is 0 Å². The molecule has 0 aliphatic rings. The molecule has 0 saturated heterocycles. The third-order valence-electron chi connectivity index (χ3n) is 3.18. The third kappa shape index (κ3) is 3.23. The Morgan fingerprint density at radius 1 is 1.47 bits per heavy atom. The Labute approximate surface area is 93.1 Å². The summed E-state index contributed by atoms with van der Waals surface area (Å²) in [5.74, 6) is -0.530. The average molecular weight is 210 g/mol. The van der Waals surface area contributed by atoms with Crippen molar-refractivity contribution in [2.45, 2.75) is 46.6 Å². The third-order valence-corrected chi connectivity index (χ3v) is 3.18. The minimum absolute atomic E-state index is 0.0672. The molecule has 0 spiro atoms. The Balaban J connectivity index is 4.79. The van der Waals surface area contributed by atoms with Gasteiger partial charge in [-0.25, -0.2) is 0 Å². The van der Waals surface area contributed by atoms with Crippen LogP contribution in [0.1, 0.15) is 41.0 Å². The zero-order chi connectivity index (χ0) is 12.2. The first-order chi connectivity index (χ1) is 6.77. The molecule has 3 nitrogen and oxygen atoms in total. The van der Waals surface area contributed by atoms with Crippen LogP contribution in [0.5, 0.6) is 0 Å². The lowest BCUT2D eigenvalue weighted by Gasteiger charge is -2.36. The minimum atomic E-state index is -0.527. The second-order valence-corrected chi connectivity index (χ2v) is 4.91. The highest BCUT2D eigenvalue weighted by molar-refractivity contribution is 5.81. The zero-order valence-electron chi connectivity index (χ0n) is 10.7. The standard InChI is InChI=1S/C12H22N2O/c1-7-12(4,5)14(6)11(15)10(8-13)9(2)3/h9-10H,7H2,1-6H3. The van der Waals surface area contributed by atoms with Gasteiger partial charge in [-0.05, 0) is 26.2 Å². The van der Waals surface area contributed by atoms with Crippen LogP contribution in [0, 0.1) is 23.2 Å². The van der Waals surface area contributed by atoms with Crippen LogP contribution in [0.4, 0.5) is 0 Å². The summed E-state index contributed by atoms with van der Waals surface area (Å²) in [4.78, 5) is 13.7. The van der Waals surface area contributed by atoms with E-state index in [9.17, 15) is 4.79 Å². The average Bonchev–Trinajstić information content (AvgIpc) is 2.16. The predicted molar refractivity (Wildman–Crippen MR) is 61.1 cm³/mol. The van der Waals surface area contributed by atoms with E-state index >= 15 is 0 Å². The van der Waals surface area contributed by atoms with Gasteiger partial charge in [-0.1, -0.05) is 20.8 Å². The Bertz CT molecular complexity index is 263. The zero-order valence-corrected chi connectivity index (χ0v) is 10.7. The summed E-state index contributed by atoms with van der Waals surface area (Å²) < 4.78 is 0. The quantitative estimate of drug-likeness (QED) is 0.715. The van der Waals surface area contributed by atoms with E-state index in [4.69, 9.17) is 5.26 Å². The van der Waals surface area contributed by atoms with Crippen LogP contribution in [0.15, 0.2) is 0 Å². The first kappa shape index (κ1) is 14.0. The van der Waals surface area contributed by atoms with Crippen molar-refractivity contribution in [2.75, 3.05) is 7.05 Å². The van der Waals surface area contributed by atoms with Crippen LogP contribution >= 0.6 is 0 Å². The number of hydrogen-bond donors (Lipinski definition) is 0. The van der Waals surface area contributed by atoms with Crippen LogP contribution in [-0.2, 0) is 4.79 Å². The van der Waals surface area contributed by atoms with E-state index < -0.39 is 5.92 Å². The highest BCUT2D eigenvalue weighted by Gasteiger charge is 2.32. The molecule has 0 rings (SSSR count). The molecule has 0 fully saturated rings. The van der Waals surface area contributed by atoms with Gasteiger partial charge in [0.25, 0.3) is 0 Å². The second kappa shape index (κ2) is 5.16. The summed E-state index contributed by atoms with van der Waals surface area (Å²) in [5.41, 5.74) is -0.179. The topological polar surface area (TPSA) is 44.1 Å². The molecule has 0 aromatic rings. The molecule has 0 aromatic heterocycles. The van der Waals surface area contributed by atoms with E-state index in [0.29, 0.717) is 0 Å². The summed E-state index contributed by atoms with van der Waals surface area (Å²) in [5, 5.41) is 8.96. The fourth-order valence-corrected chi connectivity index (χ4v) is 1.23. The van der Waals surface area contributed by atoms with E-state index in [1.807, 2.05) is 34.6 Å². The van der Waals surface area contributed by atoms with Gasteiger partial charge >= 0.3 is 0 Å². The molecule has 1 unspecified atom stereocenters. The molecule has 3 heteroatoms. The smallest absolute Gasteiger partial charge is 0.240 e. The molecule has 0 radical (unpaired) electrons. The summed E-state index contributed by atoms with van der Waals surface area (Å²) in [6.45, 7) is 9.87. The molecule has 86 valence electrons. The van der Waals surface area contributed by atoms with Gasteiger partial charge in [0.15, 0.2) is 0 Å². The van der Waals surface area contributed by atoms with Crippen LogP contribution in [0.3, 0.4) is 0 Å². The monoisotopic (exact) mass is 210 g/mol. The van der Waals surface area contributed by atoms with Crippen molar-refractivity contribution >= 4 is 5.91 Å². The fourth-order valence-electron chi connectivity index (χ4n) is 1.23. The van der Waals surface area contributed by atoms with Crippen LogP contribution in [0.2, 0.25) is 0 Å². The van der Waals surface area contributed by atoms with Gasteiger partial charge in [0.05, 0.1) is 6.07 Å². The first-order valence-electron chi connectivity index (χ1n) is 5.45. The van der Waals surface area contributed by atoms with Crippen molar-refractivity contribution in [1.82, 2.24) is 4.90 Å². The Kier molecular flexibility index (Phi) is 4.80. The number of nitrogens with zero attached hydrogens (tertiary/aromatic N) is 2. The number of amides is 1. The molecule has 15 heavy (non-hydrogen) atoms. The lowest BCUT2D eigenvalue weighted by molar-refractivity contribution is -0.138. The van der Waals surface area contributed by atoms with Gasteiger partial charge in [-0.2, -0.15) is 5.26 Å². The summed E-state index contributed by atoms with van der Waals surface area (Å²) in [6.07, 6.45) is 0.880. The van der Waals surface area contributed by atoms with Crippen molar-refractivity contribution in [2.24, 2.45) is 11.8 Å². The van der Waals surface area contributed by atoms with Gasteiger partial charge in [-0.3, -0.25) is 4.79 Å². The molecule has 0 heterocycles. The summed E-state index contributed by atoms with van der Waals surface area (Å²) in [6, 6.07) is 2.09. The number of rotatable bonds is 4. The van der Waals surface area contributed by atoms with E-state index in [1.54, 1.807) is 11.9 Å². The molecule has 0 aromatic carbocycles. The molecule has 1 amide bonds. The molecule has 0 saturated carbocycles. The maximum absolute atomic E-state index is 12.0. The highest BCUT2D eigenvalue weighted by Crippen LogP contribution is 2.21. The first-order valence-corrected chi connectivity index (χ1v) is 5.45. The number of hydrogen-bond acceptors (Lipinski definition) is 2. The summed E-state index contributed by atoms with van der Waals surface area (Å²) in [7, 11) is 1.78. The lowest BCUT2D eigenvalue weighted by atomic mass is 9.92. The number of nitriles is 1. The van der Waals surface area contributed by atoms with Crippen molar-refractivity contribution in [3.63, 3.8) is 0 Å². The van der Waals surface area contributed by atoms with Gasteiger partial charge in [-0.15, -0.1) is 0 Å². The van der Waals surface area contributed by atoms with Crippen molar-refractivity contribution in [3.8, 4) is 6.07 Å². The normalized spacial score (nSPS) is 13.5. The largest absolute Gasteiger partial charge is 0.340 e. The van der Waals surface area contributed by atoms with E-state index in [1.165, 1.54) is 0 Å². The lowest BCUT2D eigenvalue weighted by Crippen LogP contribution is -2.47. The molecular formula is C12H22N2O. The van der Waals surface area contributed by atoms with E-state index in [-0.39, 0.29) is 17.4 Å². The maximum Gasteiger partial charge on any atom is 0.240 e. The van der Waals surface area contributed by atoms with Gasteiger partial charge in [0.1, 0.15) is 5.92 Å². The highest BCUT2D eigenvalue weighted by atomic mass is 16.2. The molecule has 0 aliphatic carbocycles. The molecular weight excluding hydrogens is 188 g/mol. The predicted octanol–water partition coefficient (Wildman–Crippen LogP) is 2.43. The van der Waals surface area contributed by atoms with Gasteiger partial charge < -0.3 is 4.90 Å². The minimum Gasteiger partial charge on any atom is -0.340 e. The van der Waals surface area contributed by atoms with Crippen molar-refractivity contribution < 1.29 is 4.79 Å². The maximum atomic E-state index is 12.0. The summed E-state index contributed by atoms with van der Waals surface area (Å²) >= 11 is 0. The van der Waals surface area contributed by atoms with Gasteiger partial charge in [0, 0.05) is 12.6 Å². The van der Waals surface area contributed by atoms with Crippen LogP contribution in [-0.4, -0.2) is 23.4 Å². The van der Waals surface area contributed by atoms with Crippen LogP contribution in [0.25, 0.3) is 0 Å². The fraction of sp³-hybridized carbons (Fsp3) is 0.833. The molecule has 1 atom stereocenters. The van der Waals surface area contributed by atoms with E-state index in [2.05, 4.69) is 6.07 Å². The Morgan fingerprint density at radius 2 is 1.93 bits per heavy atom. The molecule has 0 N–H and O–H groups in total. The molecule has 0 aliphatic heterocycles. The SMILES string of the molecule is CCC(C)(C)N(C)C(=O)C(C#N)C(C)C. The number of carbonyl (C=O) groups excluding carboxylic acids is 1. The van der Waals surface area contributed by atoms with Crippen molar-refractivity contribution in [1.29, 1.82) is 5.26 Å². The second-order valence-electron chi connectivity index (χ2n) is 4.91. The Morgan fingerprint density at radius 3 is 2.20 bits per heavy atom.